The third-order valence-corrected chi connectivity index (χ3v) is 2.56. The summed E-state index contributed by atoms with van der Waals surface area (Å²) < 4.78 is 0. The predicted octanol–water partition coefficient (Wildman–Crippen LogP) is 2.61. The van der Waals surface area contributed by atoms with Crippen molar-refractivity contribution in [3.8, 4) is 0 Å². The number of allylic oxidation sites excluding steroid dienone is 1. The van der Waals surface area contributed by atoms with Gasteiger partial charge in [0.1, 0.15) is 0 Å². The van der Waals surface area contributed by atoms with Gasteiger partial charge in [-0.25, -0.2) is 4.99 Å². The topological polar surface area (TPSA) is 48.2 Å². The van der Waals surface area contributed by atoms with E-state index in [4.69, 9.17) is 5.11 Å². The van der Waals surface area contributed by atoms with Crippen LogP contribution < -0.4 is 0 Å². The van der Waals surface area contributed by atoms with Crippen LogP contribution in [0.3, 0.4) is 0 Å². The first-order valence-electron chi connectivity index (χ1n) is 6.34. The van der Waals surface area contributed by atoms with E-state index in [9.17, 15) is 0 Å². The molecule has 0 bridgehead atoms. The maximum atomic E-state index is 9.13. The van der Waals surface area contributed by atoms with Crippen LogP contribution in [-0.2, 0) is 6.61 Å². The van der Waals surface area contributed by atoms with Crippen LogP contribution in [0.1, 0.15) is 18.1 Å². The number of nitrogens with zero attached hydrogens (tertiary/aromatic N) is 3. The lowest BCUT2D eigenvalue weighted by molar-refractivity contribution is 0.282. The lowest BCUT2D eigenvalue weighted by Gasteiger charge is -2.03. The van der Waals surface area contributed by atoms with E-state index in [-0.39, 0.29) is 6.61 Å². The molecule has 0 heterocycles. The number of benzene rings is 1. The molecule has 0 aliphatic carbocycles. The minimum absolute atomic E-state index is 0.0298. The van der Waals surface area contributed by atoms with Crippen molar-refractivity contribution < 1.29 is 5.11 Å². The first-order valence-corrected chi connectivity index (χ1v) is 6.34. The first kappa shape index (κ1) is 15.9. The predicted molar refractivity (Wildman–Crippen MR) is 85.0 cm³/mol. The van der Waals surface area contributed by atoms with E-state index in [1.807, 2.05) is 50.2 Å². The van der Waals surface area contributed by atoms with Gasteiger partial charge in [0, 0.05) is 19.8 Å². The molecule has 4 heteroatoms. The van der Waals surface area contributed by atoms with Crippen molar-refractivity contribution >= 4 is 12.1 Å². The third-order valence-electron chi connectivity index (χ3n) is 2.56. The van der Waals surface area contributed by atoms with Gasteiger partial charge in [0.15, 0.2) is 0 Å². The fourth-order valence-corrected chi connectivity index (χ4v) is 1.45. The molecule has 0 aliphatic heterocycles. The molecule has 1 rings (SSSR count). The minimum Gasteiger partial charge on any atom is -0.392 e. The van der Waals surface area contributed by atoms with Gasteiger partial charge in [-0.05, 0) is 30.2 Å². The van der Waals surface area contributed by atoms with Crippen molar-refractivity contribution in [2.45, 2.75) is 13.5 Å². The van der Waals surface area contributed by atoms with Crippen molar-refractivity contribution in [1.29, 1.82) is 0 Å². The van der Waals surface area contributed by atoms with Gasteiger partial charge in [-0.3, -0.25) is 4.99 Å². The summed E-state index contributed by atoms with van der Waals surface area (Å²) in [7, 11) is 3.80. The lowest BCUT2D eigenvalue weighted by atomic mass is 10.1. The molecule has 0 saturated carbocycles. The Hall–Kier alpha value is -2.20. The molecule has 0 aromatic heterocycles. The maximum absolute atomic E-state index is 9.13. The monoisotopic (exact) mass is 271 g/mol. The number of aliphatic hydroxyl groups excluding tert-OH is 1. The van der Waals surface area contributed by atoms with Gasteiger partial charge in [-0.2, -0.15) is 0 Å². The van der Waals surface area contributed by atoms with Gasteiger partial charge >= 0.3 is 0 Å². The van der Waals surface area contributed by atoms with E-state index in [2.05, 4.69) is 16.6 Å². The molecule has 106 valence electrons. The molecule has 0 fully saturated rings. The second-order valence-electron chi connectivity index (χ2n) is 4.54. The molecule has 4 nitrogen and oxygen atoms in total. The number of hydrogen-bond acceptors (Lipinski definition) is 3. The Balaban J connectivity index is 2.93. The van der Waals surface area contributed by atoms with Crippen LogP contribution in [0, 0.1) is 0 Å². The first-order chi connectivity index (χ1) is 9.56. The molecular formula is C16H21N3O. The van der Waals surface area contributed by atoms with Gasteiger partial charge in [0.25, 0.3) is 0 Å². The fourth-order valence-electron chi connectivity index (χ4n) is 1.45. The highest BCUT2D eigenvalue weighted by Gasteiger charge is 1.98. The Kier molecular flexibility index (Phi) is 6.40. The van der Waals surface area contributed by atoms with Crippen LogP contribution in [0.2, 0.25) is 0 Å². The lowest BCUT2D eigenvalue weighted by Crippen LogP contribution is -2.07. The summed E-state index contributed by atoms with van der Waals surface area (Å²) in [4.78, 5) is 10.5. The molecule has 0 aliphatic rings. The van der Waals surface area contributed by atoms with Crippen molar-refractivity contribution in [3.05, 3.63) is 59.9 Å². The summed E-state index contributed by atoms with van der Waals surface area (Å²) in [6.07, 6.45) is 5.03. The highest BCUT2D eigenvalue weighted by atomic mass is 16.3. The van der Waals surface area contributed by atoms with Gasteiger partial charge in [0.05, 0.1) is 24.8 Å². The number of aliphatic imine (C=N–C) groups is 2. The highest BCUT2D eigenvalue weighted by Crippen LogP contribution is 2.08. The molecule has 1 aromatic rings. The zero-order valence-electron chi connectivity index (χ0n) is 12.2. The van der Waals surface area contributed by atoms with E-state index in [1.165, 1.54) is 0 Å². The normalized spacial score (nSPS) is 12.8. The Labute approximate surface area is 120 Å². The van der Waals surface area contributed by atoms with E-state index in [0.717, 1.165) is 16.8 Å². The summed E-state index contributed by atoms with van der Waals surface area (Å²) in [6.45, 7) is 5.66. The number of aliphatic hydroxyl groups is 1. The summed E-state index contributed by atoms with van der Waals surface area (Å²) in [5.41, 5.74) is 3.40. The van der Waals surface area contributed by atoms with Crippen LogP contribution in [-0.4, -0.2) is 36.2 Å². The summed E-state index contributed by atoms with van der Waals surface area (Å²) in [6, 6.07) is 7.66. The Morgan fingerprint density at radius 1 is 1.40 bits per heavy atom. The van der Waals surface area contributed by atoms with E-state index >= 15 is 0 Å². The molecule has 1 aromatic carbocycles. The van der Waals surface area contributed by atoms with Crippen molar-refractivity contribution in [1.82, 2.24) is 4.90 Å². The van der Waals surface area contributed by atoms with Crippen LogP contribution in [0.4, 0.5) is 0 Å². The smallest absolute Gasteiger partial charge is 0.0907 e. The highest BCUT2D eigenvalue weighted by molar-refractivity contribution is 5.99. The molecule has 0 unspecified atom stereocenters. The van der Waals surface area contributed by atoms with Gasteiger partial charge in [-0.15, -0.1) is 0 Å². The van der Waals surface area contributed by atoms with Crippen LogP contribution >= 0.6 is 0 Å². The summed E-state index contributed by atoms with van der Waals surface area (Å²) >= 11 is 0. The average Bonchev–Trinajstić information content (AvgIpc) is 2.47. The van der Waals surface area contributed by atoms with Gasteiger partial charge in [0.2, 0.25) is 0 Å². The van der Waals surface area contributed by atoms with Crippen LogP contribution in [0.25, 0.3) is 0 Å². The molecule has 0 amide bonds. The largest absolute Gasteiger partial charge is 0.392 e. The Bertz CT molecular complexity index is 542. The average molecular weight is 271 g/mol. The summed E-state index contributed by atoms with van der Waals surface area (Å²) in [5.74, 6) is 0. The zero-order chi connectivity index (χ0) is 15.0. The van der Waals surface area contributed by atoms with Crippen molar-refractivity contribution in [2.24, 2.45) is 9.98 Å². The quantitative estimate of drug-likeness (QED) is 0.491. The molecular weight excluding hydrogens is 250 g/mol. The Morgan fingerprint density at radius 3 is 2.75 bits per heavy atom. The van der Waals surface area contributed by atoms with E-state index < -0.39 is 0 Å². The second-order valence-corrected chi connectivity index (χ2v) is 4.54. The van der Waals surface area contributed by atoms with E-state index in [0.29, 0.717) is 5.70 Å². The molecule has 0 atom stereocenters. The fraction of sp³-hybridized carbons (Fsp3) is 0.250. The maximum Gasteiger partial charge on any atom is 0.0907 e. The van der Waals surface area contributed by atoms with Crippen LogP contribution in [0.15, 0.2) is 58.8 Å². The van der Waals surface area contributed by atoms with Crippen molar-refractivity contribution in [2.75, 3.05) is 14.1 Å². The van der Waals surface area contributed by atoms with Gasteiger partial charge in [-0.1, -0.05) is 24.8 Å². The second kappa shape index (κ2) is 8.07. The zero-order valence-corrected chi connectivity index (χ0v) is 12.2. The van der Waals surface area contributed by atoms with E-state index in [1.54, 1.807) is 18.6 Å². The van der Waals surface area contributed by atoms with Crippen molar-refractivity contribution in [3.63, 3.8) is 0 Å². The number of rotatable bonds is 6. The molecule has 0 saturated heterocycles. The minimum atomic E-state index is 0.0298. The van der Waals surface area contributed by atoms with Crippen LogP contribution in [0.5, 0.6) is 0 Å². The SMILES string of the molecule is C=C/C(=C\N=C(C)c1cccc(CO)c1)N=CN(C)C. The molecule has 1 N–H and O–H groups in total. The summed E-state index contributed by atoms with van der Waals surface area (Å²) in [5, 5.41) is 9.13. The third kappa shape index (κ3) is 5.20. The molecule has 0 radical (unpaired) electrons. The Morgan fingerprint density at radius 2 is 2.15 bits per heavy atom. The molecule has 0 spiro atoms. The number of hydrogen-bond donors (Lipinski definition) is 1. The van der Waals surface area contributed by atoms with Gasteiger partial charge < -0.3 is 10.0 Å². The standard InChI is InChI=1S/C16H21N3O/c1-5-16(18-12-19(3)4)10-17-13(2)15-8-6-7-14(9-15)11-20/h5-10,12,20H,1,11H2,2-4H3/b16-10+,17-13?,18-12?. The molecule has 20 heavy (non-hydrogen) atoms.